The second-order valence-electron chi connectivity index (χ2n) is 5.78. The molecule has 0 saturated heterocycles. The van der Waals surface area contributed by atoms with Gasteiger partial charge in [0.1, 0.15) is 11.8 Å². The van der Waals surface area contributed by atoms with Crippen molar-refractivity contribution in [3.05, 3.63) is 54.6 Å². The van der Waals surface area contributed by atoms with Crippen LogP contribution >= 0.6 is 0 Å². The quantitative estimate of drug-likeness (QED) is 0.528. The Labute approximate surface area is 153 Å². The number of methoxy groups -OCH3 is 1. The van der Waals surface area contributed by atoms with E-state index in [4.69, 9.17) is 4.74 Å². The molecule has 1 aromatic heterocycles. The van der Waals surface area contributed by atoms with E-state index in [9.17, 15) is 9.59 Å². The van der Waals surface area contributed by atoms with Crippen molar-refractivity contribution in [3.8, 4) is 5.75 Å². The molecule has 7 nitrogen and oxygen atoms in total. The third kappa shape index (κ3) is 6.43. The predicted molar refractivity (Wildman–Crippen MR) is 99.5 cm³/mol. The summed E-state index contributed by atoms with van der Waals surface area (Å²) >= 11 is 0. The first-order valence-corrected chi connectivity index (χ1v) is 8.44. The van der Waals surface area contributed by atoms with Gasteiger partial charge in [-0.15, -0.1) is 0 Å². The molecule has 2 N–H and O–H groups in total. The lowest BCUT2D eigenvalue weighted by Gasteiger charge is -2.13. The maximum Gasteiger partial charge on any atom is 0.244 e. The molecule has 2 amide bonds. The Kier molecular flexibility index (Phi) is 7.42. The minimum absolute atomic E-state index is 0.207. The molecule has 2 aromatic rings. The minimum atomic E-state index is -0.601. The van der Waals surface area contributed by atoms with Crippen LogP contribution in [0.3, 0.4) is 0 Å². The smallest absolute Gasteiger partial charge is 0.244 e. The molecule has 2 rings (SSSR count). The SMILES string of the molecule is COc1ccc(/C=C/C(=O)NC(C)C(=O)NCCCn2ccnc2)cc1. The summed E-state index contributed by atoms with van der Waals surface area (Å²) < 4.78 is 7.03. The minimum Gasteiger partial charge on any atom is -0.497 e. The molecule has 1 unspecified atom stereocenters. The Bertz CT molecular complexity index is 724. The molecule has 1 heterocycles. The molecule has 0 bridgehead atoms. The Morgan fingerprint density at radius 2 is 2.08 bits per heavy atom. The second kappa shape index (κ2) is 10.0. The number of aryl methyl sites for hydroxylation is 1. The van der Waals surface area contributed by atoms with E-state index >= 15 is 0 Å². The molecule has 26 heavy (non-hydrogen) atoms. The fraction of sp³-hybridized carbons (Fsp3) is 0.316. The number of aromatic nitrogens is 2. The molecule has 138 valence electrons. The number of imidazole rings is 1. The van der Waals surface area contributed by atoms with Gasteiger partial charge in [0.05, 0.1) is 13.4 Å². The van der Waals surface area contributed by atoms with Crippen molar-refractivity contribution in [2.75, 3.05) is 13.7 Å². The first-order valence-electron chi connectivity index (χ1n) is 8.44. The number of hydrogen-bond acceptors (Lipinski definition) is 4. The Balaban J connectivity index is 1.69. The van der Waals surface area contributed by atoms with E-state index in [2.05, 4.69) is 15.6 Å². The molecule has 0 aliphatic carbocycles. The molecule has 1 aromatic carbocycles. The Morgan fingerprint density at radius 3 is 2.73 bits per heavy atom. The van der Waals surface area contributed by atoms with Crippen molar-refractivity contribution < 1.29 is 14.3 Å². The predicted octanol–water partition coefficient (Wildman–Crippen LogP) is 1.62. The lowest BCUT2D eigenvalue weighted by atomic mass is 10.2. The molecule has 0 saturated carbocycles. The number of rotatable bonds is 9. The molecule has 0 aliphatic rings. The number of hydrogen-bond donors (Lipinski definition) is 2. The number of carbonyl (C=O) groups excluding carboxylic acids is 2. The van der Waals surface area contributed by atoms with Crippen molar-refractivity contribution in [1.29, 1.82) is 0 Å². The van der Waals surface area contributed by atoms with Crippen molar-refractivity contribution in [3.63, 3.8) is 0 Å². The molecule has 0 radical (unpaired) electrons. The third-order valence-electron chi connectivity index (χ3n) is 3.75. The van der Waals surface area contributed by atoms with Gasteiger partial charge in [0.2, 0.25) is 11.8 Å². The van der Waals surface area contributed by atoms with E-state index in [1.165, 1.54) is 6.08 Å². The van der Waals surface area contributed by atoms with Crippen LogP contribution in [0.2, 0.25) is 0 Å². The highest BCUT2D eigenvalue weighted by Gasteiger charge is 2.13. The normalized spacial score (nSPS) is 11.9. The summed E-state index contributed by atoms with van der Waals surface area (Å²) in [7, 11) is 1.60. The van der Waals surface area contributed by atoms with Gasteiger partial charge in [-0.2, -0.15) is 0 Å². The van der Waals surface area contributed by atoms with Gasteiger partial charge in [-0.1, -0.05) is 12.1 Å². The zero-order valence-corrected chi connectivity index (χ0v) is 15.0. The summed E-state index contributed by atoms with van der Waals surface area (Å²) in [4.78, 5) is 27.9. The van der Waals surface area contributed by atoms with E-state index in [0.717, 1.165) is 24.3 Å². The summed E-state index contributed by atoms with van der Waals surface area (Å²) in [6.45, 7) is 2.98. The van der Waals surface area contributed by atoms with E-state index in [1.807, 2.05) is 35.0 Å². The zero-order chi connectivity index (χ0) is 18.8. The van der Waals surface area contributed by atoms with Crippen LogP contribution in [0.1, 0.15) is 18.9 Å². The van der Waals surface area contributed by atoms with Crippen LogP contribution in [0.25, 0.3) is 6.08 Å². The molecule has 1 atom stereocenters. The zero-order valence-electron chi connectivity index (χ0n) is 15.0. The molecule has 0 spiro atoms. The van der Waals surface area contributed by atoms with Gasteiger partial charge < -0.3 is 19.9 Å². The van der Waals surface area contributed by atoms with Gasteiger partial charge in [-0.3, -0.25) is 9.59 Å². The van der Waals surface area contributed by atoms with Crippen molar-refractivity contribution in [2.24, 2.45) is 0 Å². The van der Waals surface area contributed by atoms with Crippen molar-refractivity contribution in [1.82, 2.24) is 20.2 Å². The van der Waals surface area contributed by atoms with Gasteiger partial charge >= 0.3 is 0 Å². The molecular formula is C19H24N4O3. The average molecular weight is 356 g/mol. The molecule has 7 heteroatoms. The van der Waals surface area contributed by atoms with Gasteiger partial charge in [0.25, 0.3) is 0 Å². The number of benzene rings is 1. The Morgan fingerprint density at radius 1 is 1.31 bits per heavy atom. The number of ether oxygens (including phenoxy) is 1. The van der Waals surface area contributed by atoms with E-state index < -0.39 is 6.04 Å². The van der Waals surface area contributed by atoms with E-state index in [0.29, 0.717) is 6.54 Å². The standard InChI is InChI=1S/C19H24N4O3/c1-15(19(25)21-10-3-12-23-13-11-20-14-23)22-18(24)9-6-16-4-7-17(26-2)8-5-16/h4-9,11,13-15H,3,10,12H2,1-2H3,(H,21,25)(H,22,24)/b9-6+. The lowest BCUT2D eigenvalue weighted by Crippen LogP contribution is -2.44. The topological polar surface area (TPSA) is 85.2 Å². The van der Waals surface area contributed by atoms with Crippen LogP contribution in [0.15, 0.2) is 49.1 Å². The van der Waals surface area contributed by atoms with E-state index in [1.54, 1.807) is 32.6 Å². The van der Waals surface area contributed by atoms with Crippen molar-refractivity contribution >= 4 is 17.9 Å². The monoisotopic (exact) mass is 356 g/mol. The summed E-state index contributed by atoms with van der Waals surface area (Å²) in [5, 5.41) is 5.46. The van der Waals surface area contributed by atoms with Gasteiger partial charge in [0.15, 0.2) is 0 Å². The molecular weight excluding hydrogens is 332 g/mol. The summed E-state index contributed by atoms with van der Waals surface area (Å²) in [5.41, 5.74) is 0.873. The number of amides is 2. The van der Waals surface area contributed by atoms with Gasteiger partial charge in [-0.05, 0) is 37.1 Å². The lowest BCUT2D eigenvalue weighted by molar-refractivity contribution is -0.126. The maximum absolute atomic E-state index is 12.0. The summed E-state index contributed by atoms with van der Waals surface area (Å²) in [5.74, 6) is 0.230. The van der Waals surface area contributed by atoms with Crippen LogP contribution in [-0.2, 0) is 16.1 Å². The number of nitrogens with one attached hydrogen (secondary N) is 2. The average Bonchev–Trinajstić information content (AvgIpc) is 3.17. The Hall–Kier alpha value is -3.09. The highest BCUT2D eigenvalue weighted by atomic mass is 16.5. The van der Waals surface area contributed by atoms with Crippen LogP contribution in [0.5, 0.6) is 5.75 Å². The first-order chi connectivity index (χ1) is 12.6. The van der Waals surface area contributed by atoms with Crippen LogP contribution in [-0.4, -0.2) is 41.1 Å². The highest BCUT2D eigenvalue weighted by Crippen LogP contribution is 2.12. The summed E-state index contributed by atoms with van der Waals surface area (Å²) in [6, 6.07) is 6.73. The maximum atomic E-state index is 12.0. The fourth-order valence-corrected chi connectivity index (χ4v) is 2.26. The van der Waals surface area contributed by atoms with Crippen LogP contribution in [0.4, 0.5) is 0 Å². The molecule has 0 aliphatic heterocycles. The third-order valence-corrected chi connectivity index (χ3v) is 3.75. The largest absolute Gasteiger partial charge is 0.497 e. The summed E-state index contributed by atoms with van der Waals surface area (Å²) in [6.07, 6.45) is 9.21. The molecule has 0 fully saturated rings. The van der Waals surface area contributed by atoms with Gasteiger partial charge in [-0.25, -0.2) is 4.98 Å². The highest BCUT2D eigenvalue weighted by molar-refractivity contribution is 5.95. The van der Waals surface area contributed by atoms with Crippen LogP contribution < -0.4 is 15.4 Å². The van der Waals surface area contributed by atoms with Crippen LogP contribution in [0, 0.1) is 0 Å². The van der Waals surface area contributed by atoms with Gasteiger partial charge in [0, 0.05) is 31.6 Å². The second-order valence-corrected chi connectivity index (χ2v) is 5.78. The first kappa shape index (κ1) is 19.2. The fourth-order valence-electron chi connectivity index (χ4n) is 2.26. The number of carbonyl (C=O) groups is 2. The van der Waals surface area contributed by atoms with E-state index in [-0.39, 0.29) is 11.8 Å². The number of nitrogens with zero attached hydrogens (tertiary/aromatic N) is 2. The van der Waals surface area contributed by atoms with Crippen molar-refractivity contribution in [2.45, 2.75) is 25.9 Å².